The molecule has 0 saturated carbocycles. The van der Waals surface area contributed by atoms with Crippen LogP contribution in [-0.4, -0.2) is 6.19 Å². The minimum atomic E-state index is -1.19. The Morgan fingerprint density at radius 2 is 1.70 bits per heavy atom. The van der Waals surface area contributed by atoms with Crippen LogP contribution in [0.2, 0.25) is 13.1 Å². The third kappa shape index (κ3) is 3.62. The predicted molar refractivity (Wildman–Crippen MR) is 94.1 cm³/mol. The van der Waals surface area contributed by atoms with Crippen LogP contribution in [0.3, 0.4) is 0 Å². The molecule has 2 aliphatic rings. The van der Waals surface area contributed by atoms with Gasteiger partial charge in [-0.2, -0.15) is 0 Å². The molecule has 0 aromatic rings. The fourth-order valence-corrected chi connectivity index (χ4v) is 15.7. The van der Waals surface area contributed by atoms with Gasteiger partial charge in [0.25, 0.3) is 0 Å². The minimum Gasteiger partial charge on any atom is -0.147 e. The molecule has 1 unspecified atom stereocenters. The summed E-state index contributed by atoms with van der Waals surface area (Å²) in [7, 11) is 0. The Bertz CT molecular complexity index is 547. The molecule has 0 N–H and O–H groups in total. The van der Waals surface area contributed by atoms with Crippen molar-refractivity contribution in [3.63, 3.8) is 0 Å². The van der Waals surface area contributed by atoms with Crippen LogP contribution in [0.4, 0.5) is 0 Å². The summed E-state index contributed by atoms with van der Waals surface area (Å²) in [5, 5.41) is 0. The van der Waals surface area contributed by atoms with Gasteiger partial charge in [0.05, 0.1) is 0 Å². The van der Waals surface area contributed by atoms with Crippen molar-refractivity contribution in [2.45, 2.75) is 47.2 Å². The van der Waals surface area contributed by atoms with Gasteiger partial charge in [-0.25, -0.2) is 0 Å². The maximum atomic E-state index is 2.54. The first-order valence-electron chi connectivity index (χ1n) is 6.87. The average Bonchev–Trinajstić information content (AvgIpc) is 2.89. The van der Waals surface area contributed by atoms with Crippen molar-refractivity contribution >= 4 is 31.0 Å². The van der Waals surface area contributed by atoms with E-state index in [2.05, 4.69) is 59.0 Å². The van der Waals surface area contributed by atoms with E-state index in [9.17, 15) is 0 Å². The summed E-state index contributed by atoms with van der Waals surface area (Å²) < 4.78 is 3.71. The van der Waals surface area contributed by atoms with Gasteiger partial charge < -0.3 is 0 Å². The van der Waals surface area contributed by atoms with Crippen LogP contribution in [0.15, 0.2) is 42.7 Å². The second kappa shape index (κ2) is 8.20. The maximum Gasteiger partial charge on any atom is -0.147 e. The molecule has 4 heteroatoms. The van der Waals surface area contributed by atoms with Crippen LogP contribution in [0.5, 0.6) is 0 Å². The molecule has 0 amide bonds. The summed E-state index contributed by atoms with van der Waals surface area (Å²) in [5.74, 6) is 0.724. The average molecular weight is 365 g/mol. The van der Waals surface area contributed by atoms with E-state index in [0.29, 0.717) is 0 Å². The van der Waals surface area contributed by atoms with Crippen LogP contribution in [0.1, 0.15) is 34.1 Å². The van der Waals surface area contributed by atoms with Crippen LogP contribution >= 0.6 is 24.8 Å². The molecule has 0 bridgehead atoms. The van der Waals surface area contributed by atoms with Gasteiger partial charge in [0.1, 0.15) is 0 Å². The predicted octanol–water partition coefficient (Wildman–Crippen LogP) is 5.80. The van der Waals surface area contributed by atoms with Crippen molar-refractivity contribution in [1.82, 2.24) is 0 Å². The molecule has 0 saturated heterocycles. The van der Waals surface area contributed by atoms with E-state index in [0.717, 1.165) is 5.92 Å². The Labute approximate surface area is 143 Å². The van der Waals surface area contributed by atoms with Gasteiger partial charge in [-0.3, -0.25) is 0 Å². The molecule has 0 fully saturated rings. The molecule has 0 aliphatic heterocycles. The third-order valence-corrected chi connectivity index (χ3v) is 16.3. The molecule has 112 valence electrons. The van der Waals surface area contributed by atoms with Crippen molar-refractivity contribution in [3.05, 3.63) is 42.7 Å². The zero-order valence-electron chi connectivity index (χ0n) is 13.3. The van der Waals surface area contributed by atoms with Crippen molar-refractivity contribution < 1.29 is 16.6 Å². The number of hydrogen-bond donors (Lipinski definition) is 0. The van der Waals surface area contributed by atoms with Crippen LogP contribution in [0.25, 0.3) is 0 Å². The Hall–Kier alpha value is 0.471. The van der Waals surface area contributed by atoms with Crippen molar-refractivity contribution in [1.29, 1.82) is 0 Å². The van der Waals surface area contributed by atoms with Crippen molar-refractivity contribution in [3.8, 4) is 0 Å². The number of rotatable bonds is 2. The summed E-state index contributed by atoms with van der Waals surface area (Å²) in [6.07, 6.45) is 8.12. The molecule has 0 spiro atoms. The topological polar surface area (TPSA) is 0 Å². The van der Waals surface area contributed by atoms with E-state index in [-0.39, 0.29) is 31.0 Å². The van der Waals surface area contributed by atoms with Crippen molar-refractivity contribution in [2.75, 3.05) is 0 Å². The number of allylic oxidation sites excluding steroid dienone is 8. The Balaban J connectivity index is 0.00000180. The Morgan fingerprint density at radius 1 is 1.10 bits per heavy atom. The van der Waals surface area contributed by atoms with E-state index in [4.69, 9.17) is 0 Å². The van der Waals surface area contributed by atoms with Gasteiger partial charge in [0, 0.05) is 0 Å². The van der Waals surface area contributed by atoms with Gasteiger partial charge in [-0.05, 0) is 0 Å². The molecule has 0 radical (unpaired) electrons. The summed E-state index contributed by atoms with van der Waals surface area (Å²) in [5.41, 5.74) is 4.86. The SMILES string of the molecule is CC1=C(C)C(C)[C]([Ti]([C]2=CC=CC2)=[Si](C)C)=C1C.Cl.Cl. The molecule has 1 atom stereocenters. The van der Waals surface area contributed by atoms with Crippen LogP contribution in [0, 0.1) is 5.92 Å². The molecule has 0 nitrogen and oxygen atoms in total. The van der Waals surface area contributed by atoms with Crippen LogP contribution < -0.4 is 0 Å². The third-order valence-electron chi connectivity index (χ3n) is 4.50. The fourth-order valence-electron chi connectivity index (χ4n) is 3.16. The first kappa shape index (κ1) is 20.5. The standard InChI is InChI=1S/C9H13.C5H5.C2H6Si.2ClH.Ti/c1-6-5-7(2)9(4)8(6)3;1-2-4-5-3-1;1-3-2;;;/h6H,1-4H3;1-3H,4H2;1-2H3;2*1H;. The summed E-state index contributed by atoms with van der Waals surface area (Å²) in [6.45, 7) is 14.5. The Morgan fingerprint density at radius 3 is 2.05 bits per heavy atom. The number of halogens is 2. The fraction of sp³-hybridized carbons (Fsp3) is 0.500. The van der Waals surface area contributed by atoms with Gasteiger partial charge in [-0.1, -0.05) is 0 Å². The molecular weight excluding hydrogens is 339 g/mol. The van der Waals surface area contributed by atoms with Crippen molar-refractivity contribution in [2.24, 2.45) is 5.92 Å². The molecule has 2 rings (SSSR count). The second-order valence-electron chi connectivity index (χ2n) is 5.77. The van der Waals surface area contributed by atoms with E-state index < -0.39 is 16.6 Å². The maximum absolute atomic E-state index is 2.54. The van der Waals surface area contributed by atoms with E-state index >= 15 is 0 Å². The molecule has 20 heavy (non-hydrogen) atoms. The molecule has 0 aromatic heterocycles. The van der Waals surface area contributed by atoms with E-state index in [1.807, 2.05) is 7.76 Å². The first-order chi connectivity index (χ1) is 8.45. The first-order valence-corrected chi connectivity index (χ1v) is 13.3. The molecule has 0 heterocycles. The molecule has 2 aliphatic carbocycles. The zero-order chi connectivity index (χ0) is 13.4. The second-order valence-corrected chi connectivity index (χ2v) is 17.5. The van der Waals surface area contributed by atoms with Gasteiger partial charge >= 0.3 is 119 Å². The number of hydrogen-bond acceptors (Lipinski definition) is 0. The quantitative estimate of drug-likeness (QED) is 0.543. The minimum absolute atomic E-state index is 0. The van der Waals surface area contributed by atoms with Gasteiger partial charge in [0.15, 0.2) is 0 Å². The molecule has 0 aromatic carbocycles. The monoisotopic (exact) mass is 364 g/mol. The Kier molecular flexibility index (Phi) is 8.39. The zero-order valence-corrected chi connectivity index (χ0v) is 17.5. The normalized spacial score (nSPS) is 20.7. The van der Waals surface area contributed by atoms with E-state index in [1.165, 1.54) is 6.42 Å². The summed E-state index contributed by atoms with van der Waals surface area (Å²) in [4.78, 5) is 0. The summed E-state index contributed by atoms with van der Waals surface area (Å²) in [6, 6.07) is 0. The largest absolute Gasteiger partial charge is 0.147 e. The van der Waals surface area contributed by atoms with Gasteiger partial charge in [-0.15, -0.1) is 24.8 Å². The van der Waals surface area contributed by atoms with Gasteiger partial charge in [0.2, 0.25) is 0 Å². The molecular formula is C16H26Cl2SiTi. The smallest absolute Gasteiger partial charge is 0.147 e. The van der Waals surface area contributed by atoms with Crippen LogP contribution in [-0.2, 0) is 16.6 Å². The summed E-state index contributed by atoms with van der Waals surface area (Å²) >= 11 is -1.19. The van der Waals surface area contributed by atoms with E-state index in [1.54, 1.807) is 16.7 Å².